The largest absolute Gasteiger partial charge is 0.456 e. The molecule has 3 nitrogen and oxygen atoms in total. The molecule has 0 aliphatic heterocycles. The lowest BCUT2D eigenvalue weighted by molar-refractivity contribution is 0.669. The summed E-state index contributed by atoms with van der Waals surface area (Å²) < 4.78 is 11.1. The molecule has 0 amide bonds. The molecule has 0 bridgehead atoms. The average molecular weight is 803 g/mol. The summed E-state index contributed by atoms with van der Waals surface area (Å²) >= 11 is 0. The van der Waals surface area contributed by atoms with Gasteiger partial charge in [0.1, 0.15) is 11.2 Å². The molecule has 3 heteroatoms. The fraction of sp³-hybridized carbons (Fsp3) is 0. The molecular weight excluding hydrogens is 765 g/mol. The van der Waals surface area contributed by atoms with Crippen molar-refractivity contribution in [2.24, 2.45) is 0 Å². The maximum atomic E-state index is 6.23. The van der Waals surface area contributed by atoms with E-state index in [-0.39, 0.29) is 0 Å². The molecule has 294 valence electrons. The zero-order valence-corrected chi connectivity index (χ0v) is 34.2. The number of hydrogen-bond donors (Lipinski definition) is 0. The summed E-state index contributed by atoms with van der Waals surface area (Å²) in [5.41, 5.74) is 18.4. The standard InChI is InChI=1S/C60H38N2O/c1-2-13-39(14-3-1)40-15-10-16-41(33-40)42-17-11-18-43(34-42)44-19-12-20-45(35-44)46-27-31-57-53(36-46)50-22-5-8-25-56(50)61(57)48-28-30-51-49-21-4-7-24-55(49)62(58(51)38-48)47-29-32-60-54(37-47)52-23-6-9-26-59(52)63-60/h1-38H. The van der Waals surface area contributed by atoms with Crippen LogP contribution in [0.4, 0.5) is 0 Å². The van der Waals surface area contributed by atoms with E-state index in [1.54, 1.807) is 0 Å². The number of aromatic nitrogens is 2. The Labute approximate surface area is 363 Å². The van der Waals surface area contributed by atoms with E-state index in [0.717, 1.165) is 38.8 Å². The summed E-state index contributed by atoms with van der Waals surface area (Å²) in [5, 5.41) is 7.16. The lowest BCUT2D eigenvalue weighted by atomic mass is 9.94. The van der Waals surface area contributed by atoms with E-state index in [9.17, 15) is 0 Å². The van der Waals surface area contributed by atoms with Crippen LogP contribution in [0.15, 0.2) is 235 Å². The highest BCUT2D eigenvalue weighted by molar-refractivity contribution is 6.13. The fourth-order valence-electron chi connectivity index (χ4n) is 9.93. The van der Waals surface area contributed by atoms with Gasteiger partial charge in [-0.1, -0.05) is 152 Å². The summed E-state index contributed by atoms with van der Waals surface area (Å²) in [6.45, 7) is 0. The number of benzene rings is 10. The number of furan rings is 1. The second kappa shape index (κ2) is 14.1. The molecule has 0 radical (unpaired) electrons. The predicted octanol–water partition coefficient (Wildman–Crippen LogP) is 16.4. The van der Waals surface area contributed by atoms with Crippen LogP contribution in [0.2, 0.25) is 0 Å². The van der Waals surface area contributed by atoms with Gasteiger partial charge in [-0.3, -0.25) is 0 Å². The Balaban J connectivity index is 0.913. The van der Waals surface area contributed by atoms with Crippen LogP contribution >= 0.6 is 0 Å². The van der Waals surface area contributed by atoms with Crippen molar-refractivity contribution in [2.45, 2.75) is 0 Å². The summed E-state index contributed by atoms with van der Waals surface area (Å²) in [6.07, 6.45) is 0. The molecule has 10 aromatic carbocycles. The Hall–Kier alpha value is -8.40. The molecule has 0 saturated carbocycles. The van der Waals surface area contributed by atoms with Gasteiger partial charge in [0.05, 0.1) is 22.1 Å². The molecular formula is C60H38N2O. The molecule has 13 rings (SSSR count). The van der Waals surface area contributed by atoms with Gasteiger partial charge in [0.2, 0.25) is 0 Å². The molecule has 0 atom stereocenters. The van der Waals surface area contributed by atoms with Crippen LogP contribution in [0.1, 0.15) is 0 Å². The highest BCUT2D eigenvalue weighted by atomic mass is 16.3. The molecule has 3 aromatic heterocycles. The van der Waals surface area contributed by atoms with Gasteiger partial charge in [0, 0.05) is 43.7 Å². The van der Waals surface area contributed by atoms with Crippen LogP contribution in [0.3, 0.4) is 0 Å². The lowest BCUT2D eigenvalue weighted by Gasteiger charge is -2.12. The average Bonchev–Trinajstić information content (AvgIpc) is 4.01. The molecule has 0 fully saturated rings. The van der Waals surface area contributed by atoms with E-state index < -0.39 is 0 Å². The first-order chi connectivity index (χ1) is 31.2. The van der Waals surface area contributed by atoms with E-state index in [4.69, 9.17) is 4.42 Å². The van der Waals surface area contributed by atoms with Gasteiger partial charge in [-0.25, -0.2) is 0 Å². The van der Waals surface area contributed by atoms with Crippen molar-refractivity contribution in [3.63, 3.8) is 0 Å². The van der Waals surface area contributed by atoms with Gasteiger partial charge in [-0.2, -0.15) is 0 Å². The van der Waals surface area contributed by atoms with E-state index in [1.165, 1.54) is 82.6 Å². The van der Waals surface area contributed by atoms with Gasteiger partial charge < -0.3 is 13.6 Å². The fourth-order valence-corrected chi connectivity index (χ4v) is 9.93. The minimum atomic E-state index is 0.896. The number of nitrogens with zero attached hydrogens (tertiary/aromatic N) is 2. The number of hydrogen-bond acceptors (Lipinski definition) is 1. The molecule has 13 aromatic rings. The minimum absolute atomic E-state index is 0.896. The molecule has 0 unspecified atom stereocenters. The zero-order chi connectivity index (χ0) is 41.4. The van der Waals surface area contributed by atoms with Crippen LogP contribution in [-0.4, -0.2) is 9.13 Å². The van der Waals surface area contributed by atoms with E-state index in [2.05, 4.69) is 228 Å². The van der Waals surface area contributed by atoms with Crippen molar-refractivity contribution in [3.8, 4) is 55.9 Å². The van der Waals surface area contributed by atoms with Gasteiger partial charge >= 0.3 is 0 Å². The molecule has 0 aliphatic rings. The van der Waals surface area contributed by atoms with Crippen LogP contribution in [-0.2, 0) is 0 Å². The van der Waals surface area contributed by atoms with Crippen molar-refractivity contribution in [1.82, 2.24) is 9.13 Å². The molecule has 0 aliphatic carbocycles. The third-order valence-electron chi connectivity index (χ3n) is 12.9. The van der Waals surface area contributed by atoms with Crippen molar-refractivity contribution in [2.75, 3.05) is 0 Å². The first kappa shape index (κ1) is 35.4. The van der Waals surface area contributed by atoms with Crippen LogP contribution in [0, 0.1) is 0 Å². The van der Waals surface area contributed by atoms with Crippen LogP contribution in [0.5, 0.6) is 0 Å². The molecule has 0 N–H and O–H groups in total. The summed E-state index contributed by atoms with van der Waals surface area (Å²) in [4.78, 5) is 0. The molecule has 3 heterocycles. The first-order valence-electron chi connectivity index (χ1n) is 21.6. The summed E-state index contributed by atoms with van der Waals surface area (Å²) in [6, 6.07) is 83.6. The second-order valence-electron chi connectivity index (χ2n) is 16.5. The molecule has 63 heavy (non-hydrogen) atoms. The highest BCUT2D eigenvalue weighted by Gasteiger charge is 2.18. The summed E-state index contributed by atoms with van der Waals surface area (Å²) in [7, 11) is 0. The van der Waals surface area contributed by atoms with Gasteiger partial charge in [-0.15, -0.1) is 0 Å². The Morgan fingerprint density at radius 2 is 0.667 bits per heavy atom. The van der Waals surface area contributed by atoms with Gasteiger partial charge in [0.25, 0.3) is 0 Å². The number of rotatable bonds is 6. The Morgan fingerprint density at radius 1 is 0.222 bits per heavy atom. The van der Waals surface area contributed by atoms with Crippen LogP contribution < -0.4 is 0 Å². The molecule has 0 saturated heterocycles. The zero-order valence-electron chi connectivity index (χ0n) is 34.2. The van der Waals surface area contributed by atoms with Gasteiger partial charge in [0.15, 0.2) is 0 Å². The monoisotopic (exact) mass is 802 g/mol. The summed E-state index contributed by atoms with van der Waals surface area (Å²) in [5.74, 6) is 0. The quantitative estimate of drug-likeness (QED) is 0.164. The van der Waals surface area contributed by atoms with E-state index in [1.807, 2.05) is 12.1 Å². The Kier molecular flexibility index (Phi) is 7.91. The van der Waals surface area contributed by atoms with Gasteiger partial charge in [-0.05, 0) is 123 Å². The smallest absolute Gasteiger partial charge is 0.135 e. The minimum Gasteiger partial charge on any atom is -0.456 e. The van der Waals surface area contributed by atoms with Crippen molar-refractivity contribution < 1.29 is 4.42 Å². The van der Waals surface area contributed by atoms with E-state index >= 15 is 0 Å². The number of fused-ring (bicyclic) bond motifs is 9. The third kappa shape index (κ3) is 5.75. The van der Waals surface area contributed by atoms with Crippen molar-refractivity contribution in [3.05, 3.63) is 231 Å². The molecule has 0 spiro atoms. The Bertz CT molecular complexity index is 3920. The Morgan fingerprint density at radius 3 is 1.33 bits per heavy atom. The lowest BCUT2D eigenvalue weighted by Crippen LogP contribution is -1.97. The number of para-hydroxylation sites is 3. The third-order valence-corrected chi connectivity index (χ3v) is 12.9. The maximum absolute atomic E-state index is 6.23. The van der Waals surface area contributed by atoms with Crippen molar-refractivity contribution in [1.29, 1.82) is 0 Å². The first-order valence-corrected chi connectivity index (χ1v) is 21.6. The van der Waals surface area contributed by atoms with Crippen molar-refractivity contribution >= 4 is 65.6 Å². The second-order valence-corrected chi connectivity index (χ2v) is 16.5. The predicted molar refractivity (Wildman–Crippen MR) is 264 cm³/mol. The SMILES string of the molecule is c1ccc(-c2cccc(-c3cccc(-c4cccc(-c5ccc6c(c5)c5ccccc5n6-c5ccc6c7ccccc7n(-c7ccc8oc9ccccc9c8c7)c6c5)c4)c3)c2)cc1. The normalized spacial score (nSPS) is 11.8. The topological polar surface area (TPSA) is 23.0 Å². The highest BCUT2D eigenvalue weighted by Crippen LogP contribution is 2.40. The van der Waals surface area contributed by atoms with E-state index in [0.29, 0.717) is 0 Å². The maximum Gasteiger partial charge on any atom is 0.135 e. The van der Waals surface area contributed by atoms with Crippen LogP contribution in [0.25, 0.3) is 121 Å².